The number of fused-ring (bicyclic) bond motifs is 1. The SMILES string of the molecule is CNC(=O)Cc1ccc(-n2c(=O)c3ccccc3n(CC(=O)Nc3ccc(C)c(Cl)c3)c2=O)cc1. The number of nitrogens with one attached hydrogen (secondary N) is 2. The summed E-state index contributed by atoms with van der Waals surface area (Å²) in [6.07, 6.45) is 0.177. The van der Waals surface area contributed by atoms with Gasteiger partial charge in [-0.1, -0.05) is 41.9 Å². The van der Waals surface area contributed by atoms with Gasteiger partial charge in [0.15, 0.2) is 0 Å². The molecule has 1 heterocycles. The van der Waals surface area contributed by atoms with Crippen LogP contribution in [0.3, 0.4) is 0 Å². The number of likely N-dealkylation sites (N-methyl/N-ethyl adjacent to an activating group) is 1. The molecule has 0 radical (unpaired) electrons. The van der Waals surface area contributed by atoms with Crippen molar-refractivity contribution in [3.63, 3.8) is 0 Å². The average molecular weight is 491 g/mol. The third kappa shape index (κ3) is 5.02. The van der Waals surface area contributed by atoms with Crippen molar-refractivity contribution in [2.45, 2.75) is 19.9 Å². The Bertz CT molecular complexity index is 1550. The second-order valence-corrected chi connectivity index (χ2v) is 8.46. The molecular formula is C26H23ClN4O4. The summed E-state index contributed by atoms with van der Waals surface area (Å²) >= 11 is 6.15. The van der Waals surface area contributed by atoms with Crippen LogP contribution in [0.25, 0.3) is 16.6 Å². The summed E-state index contributed by atoms with van der Waals surface area (Å²) in [5, 5.41) is 6.11. The van der Waals surface area contributed by atoms with Crippen LogP contribution in [0.2, 0.25) is 5.02 Å². The molecule has 0 atom stereocenters. The molecule has 3 aromatic carbocycles. The normalized spacial score (nSPS) is 10.8. The fraction of sp³-hybridized carbons (Fsp3) is 0.154. The number of amides is 2. The first-order chi connectivity index (χ1) is 16.8. The third-order valence-electron chi connectivity index (χ3n) is 5.65. The summed E-state index contributed by atoms with van der Waals surface area (Å²) < 4.78 is 2.29. The first kappa shape index (κ1) is 24.0. The van der Waals surface area contributed by atoms with Gasteiger partial charge in [0.05, 0.1) is 23.0 Å². The van der Waals surface area contributed by atoms with Crippen LogP contribution in [0.4, 0.5) is 5.69 Å². The van der Waals surface area contributed by atoms with Crippen molar-refractivity contribution in [2.24, 2.45) is 0 Å². The Morgan fingerprint density at radius 2 is 1.66 bits per heavy atom. The number of benzene rings is 3. The molecule has 35 heavy (non-hydrogen) atoms. The van der Waals surface area contributed by atoms with Crippen molar-refractivity contribution in [3.05, 3.63) is 104 Å². The van der Waals surface area contributed by atoms with Crippen molar-refractivity contribution >= 4 is 40.0 Å². The molecule has 1 aromatic heterocycles. The van der Waals surface area contributed by atoms with Crippen LogP contribution >= 0.6 is 11.6 Å². The first-order valence-corrected chi connectivity index (χ1v) is 11.3. The number of aromatic nitrogens is 2. The van der Waals surface area contributed by atoms with E-state index in [-0.39, 0.29) is 18.9 Å². The van der Waals surface area contributed by atoms with Crippen LogP contribution in [0, 0.1) is 6.92 Å². The van der Waals surface area contributed by atoms with E-state index < -0.39 is 17.2 Å². The molecule has 8 nitrogen and oxygen atoms in total. The highest BCUT2D eigenvalue weighted by Crippen LogP contribution is 2.20. The second kappa shape index (κ2) is 9.99. The highest BCUT2D eigenvalue weighted by Gasteiger charge is 2.17. The Morgan fingerprint density at radius 1 is 0.943 bits per heavy atom. The van der Waals surface area contributed by atoms with Crippen molar-refractivity contribution < 1.29 is 9.59 Å². The number of carbonyl (C=O) groups excluding carboxylic acids is 2. The molecule has 0 aliphatic rings. The van der Waals surface area contributed by atoms with Crippen LogP contribution in [-0.2, 0) is 22.6 Å². The zero-order chi connectivity index (χ0) is 25.1. The first-order valence-electron chi connectivity index (χ1n) is 10.9. The maximum absolute atomic E-state index is 13.5. The molecule has 4 aromatic rings. The molecule has 0 spiro atoms. The number of hydrogen-bond donors (Lipinski definition) is 2. The lowest BCUT2D eigenvalue weighted by atomic mass is 10.1. The van der Waals surface area contributed by atoms with E-state index >= 15 is 0 Å². The van der Waals surface area contributed by atoms with Crippen LogP contribution in [-0.4, -0.2) is 28.0 Å². The Balaban J connectivity index is 1.74. The summed E-state index contributed by atoms with van der Waals surface area (Å²) in [6, 6.07) is 18.4. The molecule has 0 bridgehead atoms. The minimum absolute atomic E-state index is 0.149. The van der Waals surface area contributed by atoms with E-state index in [1.54, 1.807) is 73.8 Å². The number of nitrogens with zero attached hydrogens (tertiary/aromatic N) is 2. The lowest BCUT2D eigenvalue weighted by Crippen LogP contribution is -2.40. The minimum Gasteiger partial charge on any atom is -0.359 e. The Hall–Kier alpha value is -4.17. The maximum atomic E-state index is 13.5. The van der Waals surface area contributed by atoms with Gasteiger partial charge < -0.3 is 10.6 Å². The zero-order valence-electron chi connectivity index (χ0n) is 19.2. The number of aryl methyl sites for hydroxylation is 1. The van der Waals surface area contributed by atoms with Crippen LogP contribution in [0.5, 0.6) is 0 Å². The number of para-hydroxylation sites is 1. The van der Waals surface area contributed by atoms with Gasteiger partial charge in [-0.25, -0.2) is 9.36 Å². The summed E-state index contributed by atoms with van der Waals surface area (Å²) in [5.41, 5.74) is 1.66. The summed E-state index contributed by atoms with van der Waals surface area (Å²) in [4.78, 5) is 51.2. The van der Waals surface area contributed by atoms with Gasteiger partial charge in [0.2, 0.25) is 11.8 Å². The molecule has 0 aliphatic heterocycles. The van der Waals surface area contributed by atoms with Crippen LogP contribution in [0.1, 0.15) is 11.1 Å². The second-order valence-electron chi connectivity index (χ2n) is 8.05. The number of carbonyl (C=O) groups is 2. The van der Waals surface area contributed by atoms with E-state index in [1.807, 2.05) is 6.92 Å². The molecular weight excluding hydrogens is 468 g/mol. The average Bonchev–Trinajstić information content (AvgIpc) is 2.85. The lowest BCUT2D eigenvalue weighted by molar-refractivity contribution is -0.120. The largest absolute Gasteiger partial charge is 0.359 e. The highest BCUT2D eigenvalue weighted by atomic mass is 35.5. The molecule has 2 amide bonds. The summed E-state index contributed by atoms with van der Waals surface area (Å²) in [7, 11) is 1.55. The molecule has 0 saturated heterocycles. The Labute approximate surface area is 205 Å². The molecule has 0 saturated carbocycles. The van der Waals surface area contributed by atoms with E-state index in [0.717, 1.165) is 15.7 Å². The van der Waals surface area contributed by atoms with Gasteiger partial charge >= 0.3 is 5.69 Å². The lowest BCUT2D eigenvalue weighted by Gasteiger charge is -2.15. The van der Waals surface area contributed by atoms with Gasteiger partial charge in [0.25, 0.3) is 5.56 Å². The van der Waals surface area contributed by atoms with Crippen molar-refractivity contribution in [1.29, 1.82) is 0 Å². The van der Waals surface area contributed by atoms with Gasteiger partial charge in [-0.15, -0.1) is 0 Å². The van der Waals surface area contributed by atoms with Crippen LogP contribution < -0.4 is 21.9 Å². The number of rotatable bonds is 6. The predicted molar refractivity (Wildman–Crippen MR) is 136 cm³/mol. The molecule has 178 valence electrons. The summed E-state index contributed by atoms with van der Waals surface area (Å²) in [5.74, 6) is -0.591. The summed E-state index contributed by atoms with van der Waals surface area (Å²) in [6.45, 7) is 1.55. The van der Waals surface area contributed by atoms with Crippen molar-refractivity contribution in [2.75, 3.05) is 12.4 Å². The molecule has 9 heteroatoms. The fourth-order valence-electron chi connectivity index (χ4n) is 3.75. The monoisotopic (exact) mass is 490 g/mol. The smallest absolute Gasteiger partial charge is 0.336 e. The number of anilines is 1. The van der Waals surface area contributed by atoms with Gasteiger partial charge in [-0.3, -0.25) is 19.0 Å². The van der Waals surface area contributed by atoms with Gasteiger partial charge in [-0.2, -0.15) is 0 Å². The zero-order valence-corrected chi connectivity index (χ0v) is 19.9. The highest BCUT2D eigenvalue weighted by molar-refractivity contribution is 6.31. The van der Waals surface area contributed by atoms with Crippen molar-refractivity contribution in [1.82, 2.24) is 14.5 Å². The van der Waals surface area contributed by atoms with E-state index in [1.165, 1.54) is 4.57 Å². The predicted octanol–water partition coefficient (Wildman–Crippen LogP) is 3.04. The van der Waals surface area contributed by atoms with Gasteiger partial charge in [0, 0.05) is 17.8 Å². The van der Waals surface area contributed by atoms with E-state index in [4.69, 9.17) is 11.6 Å². The van der Waals surface area contributed by atoms with E-state index in [0.29, 0.717) is 27.3 Å². The fourth-order valence-corrected chi connectivity index (χ4v) is 3.93. The Kier molecular flexibility index (Phi) is 6.84. The molecule has 0 aliphatic carbocycles. The maximum Gasteiger partial charge on any atom is 0.336 e. The van der Waals surface area contributed by atoms with Gasteiger partial charge in [0.1, 0.15) is 6.54 Å². The van der Waals surface area contributed by atoms with Gasteiger partial charge in [-0.05, 0) is 54.4 Å². The third-order valence-corrected chi connectivity index (χ3v) is 6.05. The minimum atomic E-state index is -0.648. The van der Waals surface area contributed by atoms with Crippen LogP contribution in [0.15, 0.2) is 76.3 Å². The molecule has 0 fully saturated rings. The quantitative estimate of drug-likeness (QED) is 0.433. The molecule has 2 N–H and O–H groups in total. The molecule has 4 rings (SSSR count). The van der Waals surface area contributed by atoms with E-state index in [2.05, 4.69) is 10.6 Å². The topological polar surface area (TPSA) is 102 Å². The van der Waals surface area contributed by atoms with Crippen molar-refractivity contribution in [3.8, 4) is 5.69 Å². The Morgan fingerprint density at radius 3 is 2.34 bits per heavy atom. The number of halogens is 1. The molecule has 0 unspecified atom stereocenters. The number of hydrogen-bond acceptors (Lipinski definition) is 4. The standard InChI is InChI=1S/C26H23ClN4O4/c1-16-7-10-18(14-21(16)27)29-24(33)15-30-22-6-4-3-5-20(22)25(34)31(26(30)35)19-11-8-17(9-12-19)13-23(32)28-2/h3-12,14H,13,15H2,1-2H3,(H,28,32)(H,29,33). The van der Waals surface area contributed by atoms with E-state index in [9.17, 15) is 19.2 Å².